The number of rotatable bonds is 6. The highest BCUT2D eigenvalue weighted by molar-refractivity contribution is 6.04. The molecular weight excluding hydrogens is 719 g/mol. The standard InChI is InChI=1S/C47H59N3O7/c1-26(39(54)55)24-32(51)34-28-14-10-11-15-29-36(53)35-38-44(6)43(29,5)45(28,21-18-31(34)50-40(48)49)25-46(44,56)22-23-47(38,57)30(17-16-27-12-8-7-9-13-27)37-41(2,3)33(52)19-20-42(35,37)4/h7-9,12-13,16-18,21-24,28-32,34,37,51,56-57H,10-11,14-15,19-20,25H2,1-6H3,(H,54,55)(H4,48,49,50)/b17-16+,26-24+/t28-,29+,30+,31-,32-,34+,37-,42-,43+,44+,45-,46+,47-/m1/s1. The number of aliphatic carboxylic acids is 1. The Kier molecular flexibility index (Phi) is 8.84. The van der Waals surface area contributed by atoms with Gasteiger partial charge in [0, 0.05) is 57.0 Å². The van der Waals surface area contributed by atoms with Gasteiger partial charge in [0.05, 0.1) is 17.7 Å². The fourth-order valence-electron chi connectivity index (χ4n) is 14.6. The number of aliphatic hydroxyl groups is 3. The van der Waals surface area contributed by atoms with Crippen LogP contribution in [0.2, 0.25) is 0 Å². The van der Waals surface area contributed by atoms with Crippen molar-refractivity contribution in [3.05, 3.63) is 89.1 Å². The average molecular weight is 778 g/mol. The van der Waals surface area contributed by atoms with Crippen LogP contribution in [0.1, 0.15) is 92.1 Å². The molecule has 10 heteroatoms. The third-order valence-corrected chi connectivity index (χ3v) is 17.1. The Morgan fingerprint density at radius 1 is 0.982 bits per heavy atom. The van der Waals surface area contributed by atoms with Gasteiger partial charge in [-0.2, -0.15) is 0 Å². The Balaban J connectivity index is 1.43. The number of guanidine groups is 1. The number of nitrogens with zero attached hydrogens (tertiary/aromatic N) is 1. The van der Waals surface area contributed by atoms with Crippen LogP contribution in [-0.4, -0.2) is 67.3 Å². The first-order valence-corrected chi connectivity index (χ1v) is 20.8. The molecule has 7 aliphatic rings. The molecular formula is C47H59N3O7. The van der Waals surface area contributed by atoms with Crippen LogP contribution in [0.25, 0.3) is 6.08 Å². The van der Waals surface area contributed by atoms with Gasteiger partial charge in [-0.05, 0) is 73.1 Å². The smallest absolute Gasteiger partial charge is 0.331 e. The van der Waals surface area contributed by atoms with Crippen LogP contribution in [0.4, 0.5) is 0 Å². The summed E-state index contributed by atoms with van der Waals surface area (Å²) in [5.41, 5.74) is 5.96. The molecule has 57 heavy (non-hydrogen) atoms. The van der Waals surface area contributed by atoms with Crippen molar-refractivity contribution in [3.8, 4) is 0 Å². The van der Waals surface area contributed by atoms with Gasteiger partial charge in [0.25, 0.3) is 0 Å². The number of benzene rings is 1. The van der Waals surface area contributed by atoms with Crippen LogP contribution in [0, 0.1) is 56.7 Å². The van der Waals surface area contributed by atoms with Crippen molar-refractivity contribution in [2.24, 2.45) is 73.1 Å². The van der Waals surface area contributed by atoms with E-state index in [-0.39, 0.29) is 29.5 Å². The second-order valence-corrected chi connectivity index (χ2v) is 19.6. The van der Waals surface area contributed by atoms with Crippen LogP contribution in [-0.2, 0) is 14.4 Å². The molecule has 8 N–H and O–H groups in total. The van der Waals surface area contributed by atoms with Crippen molar-refractivity contribution in [2.45, 2.75) is 110 Å². The molecule has 1 spiro atoms. The van der Waals surface area contributed by atoms with Crippen molar-refractivity contribution in [3.63, 3.8) is 0 Å². The lowest BCUT2D eigenvalue weighted by Gasteiger charge is -2.70. The Morgan fingerprint density at radius 2 is 1.67 bits per heavy atom. The summed E-state index contributed by atoms with van der Waals surface area (Å²) < 4.78 is 0. The van der Waals surface area contributed by atoms with Crippen LogP contribution in [0.15, 0.2) is 88.5 Å². The topological polar surface area (TPSA) is 197 Å². The van der Waals surface area contributed by atoms with E-state index in [1.54, 1.807) is 12.2 Å². The Bertz CT molecular complexity index is 2110. The van der Waals surface area contributed by atoms with Gasteiger partial charge in [0.1, 0.15) is 11.4 Å². The number of hydrogen-bond donors (Lipinski definition) is 6. The van der Waals surface area contributed by atoms with E-state index in [1.165, 1.54) is 13.0 Å². The zero-order chi connectivity index (χ0) is 41.3. The molecule has 0 unspecified atom stereocenters. The lowest BCUT2D eigenvalue weighted by molar-refractivity contribution is -0.177. The summed E-state index contributed by atoms with van der Waals surface area (Å²) in [6.07, 6.45) is 15.2. The molecule has 304 valence electrons. The fraction of sp³-hybridized carbons (Fsp3) is 0.574. The highest BCUT2D eigenvalue weighted by Crippen LogP contribution is 2.84. The zero-order valence-electron chi connectivity index (χ0n) is 34.0. The molecule has 3 fully saturated rings. The predicted molar refractivity (Wildman–Crippen MR) is 218 cm³/mol. The minimum atomic E-state index is -1.73. The summed E-state index contributed by atoms with van der Waals surface area (Å²) >= 11 is 0. The summed E-state index contributed by atoms with van der Waals surface area (Å²) in [7, 11) is 0. The molecule has 0 aromatic heterocycles. The van der Waals surface area contributed by atoms with Crippen molar-refractivity contribution in [1.82, 2.24) is 0 Å². The molecule has 0 bridgehead atoms. The van der Waals surface area contributed by atoms with Gasteiger partial charge in [-0.3, -0.25) is 9.59 Å². The minimum Gasteiger partial charge on any atom is -0.478 e. The minimum absolute atomic E-state index is 0.0145. The number of aliphatic hydroxyl groups excluding tert-OH is 1. The lowest BCUT2D eigenvalue weighted by atomic mass is 9.33. The van der Waals surface area contributed by atoms with E-state index >= 15 is 4.79 Å². The Morgan fingerprint density at radius 3 is 2.33 bits per heavy atom. The Hall–Kier alpha value is -4.12. The van der Waals surface area contributed by atoms with E-state index in [9.17, 15) is 30.0 Å². The molecule has 0 radical (unpaired) electrons. The van der Waals surface area contributed by atoms with E-state index in [2.05, 4.69) is 31.8 Å². The maximum Gasteiger partial charge on any atom is 0.331 e. The summed E-state index contributed by atoms with van der Waals surface area (Å²) in [6.45, 7) is 11.7. The Labute approximate surface area is 335 Å². The molecule has 7 aliphatic carbocycles. The van der Waals surface area contributed by atoms with Gasteiger partial charge in [-0.1, -0.05) is 108 Å². The predicted octanol–water partition coefficient (Wildman–Crippen LogP) is 5.68. The number of carboxylic acids is 1. The molecule has 0 aliphatic heterocycles. The number of hydrogen-bond acceptors (Lipinski definition) is 7. The number of nitrogens with two attached hydrogens (primary N) is 2. The van der Waals surface area contributed by atoms with Gasteiger partial charge in [-0.15, -0.1) is 0 Å². The number of allylic oxidation sites excluding steroid dienone is 2. The largest absolute Gasteiger partial charge is 0.478 e. The van der Waals surface area contributed by atoms with E-state index in [0.29, 0.717) is 43.3 Å². The summed E-state index contributed by atoms with van der Waals surface area (Å²) in [6, 6.07) is 9.15. The fourth-order valence-corrected chi connectivity index (χ4v) is 14.6. The molecule has 0 saturated heterocycles. The van der Waals surface area contributed by atoms with Gasteiger partial charge < -0.3 is 31.9 Å². The third kappa shape index (κ3) is 4.93. The number of carboxylic acid groups (broad SMARTS) is 1. The molecule has 1 aromatic rings. The quantitative estimate of drug-likeness (QED) is 0.0911. The summed E-state index contributed by atoms with van der Waals surface area (Å²) in [4.78, 5) is 46.6. The number of carbonyl (C=O) groups is 3. The van der Waals surface area contributed by atoms with Gasteiger partial charge in [0.2, 0.25) is 0 Å². The lowest BCUT2D eigenvalue weighted by Crippen LogP contribution is -2.72. The summed E-state index contributed by atoms with van der Waals surface area (Å²) in [5.74, 6) is -3.95. The van der Waals surface area contributed by atoms with E-state index in [0.717, 1.165) is 12.0 Å². The van der Waals surface area contributed by atoms with Crippen molar-refractivity contribution >= 4 is 29.6 Å². The normalized spacial score (nSPS) is 44.8. The molecule has 13 atom stereocenters. The average Bonchev–Trinajstić information content (AvgIpc) is 3.29. The van der Waals surface area contributed by atoms with Gasteiger partial charge >= 0.3 is 5.97 Å². The SMILES string of the molecule is C/C(=C\[C@@H](O)[C@H]1[C@H]2CCCC[C@H]3C(=O)C4=C5[C@@]6(C)[C@@]3(C)[C@]2(C=C[C@H]1N=C(N)N)C[C@@]6(O)C=C[C@@]5(O)[C@@H](/C=C/c1ccccc1)[C@@H]1C(C)(C)C(=O)CC[C@]41C)C(=O)O. The second-order valence-electron chi connectivity index (χ2n) is 19.6. The third-order valence-electron chi connectivity index (χ3n) is 17.1. The van der Waals surface area contributed by atoms with Crippen LogP contribution in [0.3, 0.4) is 0 Å². The van der Waals surface area contributed by atoms with Crippen LogP contribution in [0.5, 0.6) is 0 Å². The first-order chi connectivity index (χ1) is 26.7. The first-order valence-electron chi connectivity index (χ1n) is 20.8. The molecule has 0 amide bonds. The van der Waals surface area contributed by atoms with E-state index in [4.69, 9.17) is 11.5 Å². The first kappa shape index (κ1) is 39.7. The number of carbonyl (C=O) groups excluding carboxylic acids is 2. The van der Waals surface area contributed by atoms with Crippen molar-refractivity contribution in [2.75, 3.05) is 0 Å². The number of fused-ring (bicyclic) bond motifs is 2. The maximum absolute atomic E-state index is 16.0. The highest BCUT2D eigenvalue weighted by Gasteiger charge is 2.84. The van der Waals surface area contributed by atoms with E-state index in [1.807, 2.05) is 62.4 Å². The molecule has 8 rings (SSSR count). The van der Waals surface area contributed by atoms with Gasteiger partial charge in [-0.25, -0.2) is 9.79 Å². The van der Waals surface area contributed by atoms with Crippen molar-refractivity contribution in [1.29, 1.82) is 0 Å². The monoisotopic (exact) mass is 777 g/mol. The molecule has 10 nitrogen and oxygen atoms in total. The highest BCUT2D eigenvalue weighted by atomic mass is 16.4. The second kappa shape index (κ2) is 12.7. The number of ketones is 2. The summed E-state index contributed by atoms with van der Waals surface area (Å²) in [5, 5.41) is 49.3. The van der Waals surface area contributed by atoms with E-state index < -0.39 is 86.0 Å². The number of Topliss-reactive ketones (excluding diaryl/α,β-unsaturated/α-hetero) is 2. The van der Waals surface area contributed by atoms with Crippen LogP contribution < -0.4 is 11.5 Å². The molecule has 1 aromatic carbocycles. The molecule has 3 saturated carbocycles. The zero-order valence-corrected chi connectivity index (χ0v) is 34.0. The maximum atomic E-state index is 16.0. The molecule has 0 heterocycles. The van der Waals surface area contributed by atoms with Crippen molar-refractivity contribution < 1.29 is 34.8 Å². The number of aliphatic imine (C=N–C) groups is 1. The van der Waals surface area contributed by atoms with Gasteiger partial charge in [0.15, 0.2) is 11.7 Å². The van der Waals surface area contributed by atoms with Crippen LogP contribution >= 0.6 is 0 Å².